The monoisotopic (exact) mass is 297 g/mol. The third kappa shape index (κ3) is 3.41. The Morgan fingerprint density at radius 1 is 1.14 bits per heavy atom. The number of amides is 1. The summed E-state index contributed by atoms with van der Waals surface area (Å²) in [6.45, 7) is 2.30. The Balaban J connectivity index is 1.60. The van der Waals surface area contributed by atoms with Crippen molar-refractivity contribution in [2.24, 2.45) is 5.92 Å². The highest BCUT2D eigenvalue weighted by molar-refractivity contribution is 5.88. The Bertz CT molecular complexity index is 647. The first-order valence-corrected chi connectivity index (χ1v) is 8.14. The fraction of sp³-hybridized carbons (Fsp3) is 0.421. The van der Waals surface area contributed by atoms with E-state index >= 15 is 0 Å². The first-order chi connectivity index (χ1) is 10.7. The van der Waals surface area contributed by atoms with Gasteiger partial charge in [-0.3, -0.25) is 4.79 Å². The van der Waals surface area contributed by atoms with E-state index in [-0.39, 0.29) is 12.5 Å². The normalized spacial score (nSPS) is 21.5. The van der Waals surface area contributed by atoms with Crippen LogP contribution in [0.15, 0.2) is 42.5 Å². The molecule has 3 heteroatoms. The highest BCUT2D eigenvalue weighted by Gasteiger charge is 2.22. The van der Waals surface area contributed by atoms with Crippen LogP contribution >= 0.6 is 0 Å². The third-order valence-corrected chi connectivity index (χ3v) is 4.57. The zero-order valence-electron chi connectivity index (χ0n) is 13.0. The molecule has 22 heavy (non-hydrogen) atoms. The predicted molar refractivity (Wildman–Crippen MR) is 89.0 cm³/mol. The number of ether oxygens (including phenoxy) is 1. The van der Waals surface area contributed by atoms with Gasteiger partial charge in [-0.2, -0.15) is 0 Å². The van der Waals surface area contributed by atoms with E-state index in [0.29, 0.717) is 12.0 Å². The Kier molecular flexibility index (Phi) is 4.62. The number of carbonyl (C=O) groups excluding carboxylic acids is 1. The van der Waals surface area contributed by atoms with Crippen LogP contribution in [0.2, 0.25) is 0 Å². The molecular formula is C19H23NO2. The zero-order valence-corrected chi connectivity index (χ0v) is 13.0. The van der Waals surface area contributed by atoms with E-state index in [4.69, 9.17) is 4.74 Å². The van der Waals surface area contributed by atoms with Crippen LogP contribution in [-0.4, -0.2) is 18.6 Å². The zero-order chi connectivity index (χ0) is 15.4. The van der Waals surface area contributed by atoms with Gasteiger partial charge in [-0.25, -0.2) is 0 Å². The summed E-state index contributed by atoms with van der Waals surface area (Å²) in [4.78, 5) is 12.1. The maximum absolute atomic E-state index is 12.1. The Morgan fingerprint density at radius 3 is 2.77 bits per heavy atom. The quantitative estimate of drug-likeness (QED) is 0.929. The Morgan fingerprint density at radius 2 is 1.91 bits per heavy atom. The van der Waals surface area contributed by atoms with E-state index in [1.165, 1.54) is 19.3 Å². The largest absolute Gasteiger partial charge is 0.483 e. The lowest BCUT2D eigenvalue weighted by atomic mass is 9.86. The fourth-order valence-corrected chi connectivity index (χ4v) is 3.24. The van der Waals surface area contributed by atoms with E-state index < -0.39 is 0 Å². The molecule has 0 spiro atoms. The summed E-state index contributed by atoms with van der Waals surface area (Å²) < 4.78 is 5.75. The topological polar surface area (TPSA) is 38.3 Å². The van der Waals surface area contributed by atoms with Gasteiger partial charge in [-0.15, -0.1) is 0 Å². The second-order valence-corrected chi connectivity index (χ2v) is 6.20. The molecule has 1 saturated carbocycles. The second-order valence-electron chi connectivity index (χ2n) is 6.20. The summed E-state index contributed by atoms with van der Waals surface area (Å²) in [5.74, 6) is 1.31. The van der Waals surface area contributed by atoms with Crippen molar-refractivity contribution in [2.45, 2.75) is 38.6 Å². The van der Waals surface area contributed by atoms with Gasteiger partial charge in [0.25, 0.3) is 5.91 Å². The lowest BCUT2D eigenvalue weighted by molar-refractivity contribution is -0.124. The first kappa shape index (κ1) is 14.9. The van der Waals surface area contributed by atoms with Crippen molar-refractivity contribution >= 4 is 16.7 Å². The number of fused-ring (bicyclic) bond motifs is 1. The maximum Gasteiger partial charge on any atom is 0.258 e. The van der Waals surface area contributed by atoms with Crippen LogP contribution in [0.5, 0.6) is 5.75 Å². The standard InChI is InChI=1S/C19H23NO2/c1-14-7-2-5-11-17(14)20-19(21)13-22-18-12-6-9-15-8-3-4-10-16(15)18/h3-4,6,8-10,12,14,17H,2,5,7,11,13H2,1H3,(H,20,21)/t14-,17-/m1/s1. The molecule has 3 nitrogen and oxygen atoms in total. The second kappa shape index (κ2) is 6.82. The molecule has 1 aliphatic rings. The summed E-state index contributed by atoms with van der Waals surface area (Å²) in [7, 11) is 0. The van der Waals surface area contributed by atoms with E-state index in [9.17, 15) is 4.79 Å². The minimum absolute atomic E-state index is 0.0216. The van der Waals surface area contributed by atoms with Crippen LogP contribution in [0, 0.1) is 5.92 Å². The molecule has 2 aromatic carbocycles. The number of hydrogen-bond donors (Lipinski definition) is 1. The molecule has 3 rings (SSSR count). The lowest BCUT2D eigenvalue weighted by Gasteiger charge is -2.29. The van der Waals surface area contributed by atoms with Crippen LogP contribution in [0.4, 0.5) is 0 Å². The maximum atomic E-state index is 12.1. The first-order valence-electron chi connectivity index (χ1n) is 8.14. The molecule has 1 aliphatic carbocycles. The average Bonchev–Trinajstić information content (AvgIpc) is 2.55. The molecule has 1 N–H and O–H groups in total. The number of nitrogens with one attached hydrogen (secondary N) is 1. The molecular weight excluding hydrogens is 274 g/mol. The summed E-state index contributed by atoms with van der Waals surface area (Å²) in [6, 6.07) is 14.3. The van der Waals surface area contributed by atoms with Gasteiger partial charge in [-0.05, 0) is 30.2 Å². The molecule has 0 saturated heterocycles. The van der Waals surface area contributed by atoms with Crippen LogP contribution < -0.4 is 10.1 Å². The van der Waals surface area contributed by atoms with Gasteiger partial charge in [0, 0.05) is 11.4 Å². The average molecular weight is 297 g/mol. The van der Waals surface area contributed by atoms with Crippen molar-refractivity contribution in [2.75, 3.05) is 6.61 Å². The van der Waals surface area contributed by atoms with Crippen LogP contribution in [0.3, 0.4) is 0 Å². The van der Waals surface area contributed by atoms with Gasteiger partial charge in [-0.1, -0.05) is 56.2 Å². The molecule has 2 aromatic rings. The van der Waals surface area contributed by atoms with Gasteiger partial charge in [0.05, 0.1) is 0 Å². The molecule has 2 atom stereocenters. The Labute approximate surface area is 131 Å². The van der Waals surface area contributed by atoms with Crippen molar-refractivity contribution < 1.29 is 9.53 Å². The van der Waals surface area contributed by atoms with Crippen LogP contribution in [0.25, 0.3) is 10.8 Å². The van der Waals surface area contributed by atoms with Crippen LogP contribution in [0.1, 0.15) is 32.6 Å². The van der Waals surface area contributed by atoms with Gasteiger partial charge in [0.15, 0.2) is 6.61 Å². The van der Waals surface area contributed by atoms with E-state index in [1.807, 2.05) is 42.5 Å². The molecule has 0 heterocycles. The highest BCUT2D eigenvalue weighted by atomic mass is 16.5. The van der Waals surface area contributed by atoms with E-state index in [2.05, 4.69) is 12.2 Å². The number of carbonyl (C=O) groups is 1. The summed E-state index contributed by atoms with van der Waals surface area (Å²) in [5, 5.41) is 5.29. The highest BCUT2D eigenvalue weighted by Crippen LogP contribution is 2.25. The summed E-state index contributed by atoms with van der Waals surface area (Å²) in [5.41, 5.74) is 0. The van der Waals surface area contributed by atoms with Gasteiger partial charge in [0.2, 0.25) is 0 Å². The third-order valence-electron chi connectivity index (χ3n) is 4.57. The van der Waals surface area contributed by atoms with E-state index in [0.717, 1.165) is 22.9 Å². The SMILES string of the molecule is C[C@@H]1CCCC[C@H]1NC(=O)COc1cccc2ccccc12. The van der Waals surface area contributed by atoms with Crippen LogP contribution in [-0.2, 0) is 4.79 Å². The molecule has 0 aliphatic heterocycles. The molecule has 0 aromatic heterocycles. The van der Waals surface area contributed by atoms with Gasteiger partial charge in [0.1, 0.15) is 5.75 Å². The molecule has 116 valence electrons. The number of benzene rings is 2. The van der Waals surface area contributed by atoms with E-state index in [1.54, 1.807) is 0 Å². The van der Waals surface area contributed by atoms with Crippen molar-refractivity contribution in [3.63, 3.8) is 0 Å². The molecule has 0 bridgehead atoms. The van der Waals surface area contributed by atoms with Crippen molar-refractivity contribution in [1.29, 1.82) is 0 Å². The Hall–Kier alpha value is -2.03. The minimum atomic E-state index is -0.0216. The minimum Gasteiger partial charge on any atom is -0.483 e. The van der Waals surface area contributed by atoms with Gasteiger partial charge >= 0.3 is 0 Å². The summed E-state index contributed by atoms with van der Waals surface area (Å²) >= 11 is 0. The lowest BCUT2D eigenvalue weighted by Crippen LogP contribution is -2.43. The molecule has 0 unspecified atom stereocenters. The smallest absolute Gasteiger partial charge is 0.258 e. The molecule has 1 fully saturated rings. The van der Waals surface area contributed by atoms with Crippen molar-refractivity contribution in [3.05, 3.63) is 42.5 Å². The van der Waals surface area contributed by atoms with Gasteiger partial charge < -0.3 is 10.1 Å². The summed E-state index contributed by atoms with van der Waals surface area (Å²) in [6.07, 6.45) is 4.77. The van der Waals surface area contributed by atoms with Crippen molar-refractivity contribution in [1.82, 2.24) is 5.32 Å². The number of hydrogen-bond acceptors (Lipinski definition) is 2. The number of rotatable bonds is 4. The predicted octanol–water partition coefficient (Wildman–Crippen LogP) is 3.91. The molecule has 0 radical (unpaired) electrons. The fourth-order valence-electron chi connectivity index (χ4n) is 3.24. The molecule has 1 amide bonds. The van der Waals surface area contributed by atoms with Crippen molar-refractivity contribution in [3.8, 4) is 5.75 Å².